The molecule has 120 valence electrons. The third-order valence-corrected chi connectivity index (χ3v) is 5.50. The molecule has 1 atom stereocenters. The molecule has 1 fully saturated rings. The molecule has 0 aromatic heterocycles. The summed E-state index contributed by atoms with van der Waals surface area (Å²) in [6.07, 6.45) is 2.06. The molecule has 3 amide bonds. The number of amides is 3. The van der Waals surface area contributed by atoms with Gasteiger partial charge in [0.2, 0.25) is 0 Å². The Labute approximate surface area is 143 Å². The van der Waals surface area contributed by atoms with Crippen molar-refractivity contribution in [3.8, 4) is 0 Å². The van der Waals surface area contributed by atoms with Crippen LogP contribution in [0.3, 0.4) is 0 Å². The van der Waals surface area contributed by atoms with Crippen LogP contribution in [0.5, 0.6) is 0 Å². The molecule has 1 aliphatic carbocycles. The van der Waals surface area contributed by atoms with Crippen LogP contribution in [0.1, 0.15) is 24.4 Å². The van der Waals surface area contributed by atoms with Crippen molar-refractivity contribution in [2.45, 2.75) is 24.9 Å². The van der Waals surface area contributed by atoms with Gasteiger partial charge in [-0.15, -0.1) is 0 Å². The topological polar surface area (TPSA) is 52.7 Å². The summed E-state index contributed by atoms with van der Waals surface area (Å²) >= 11 is 12.4. The number of carbonyl (C=O) groups excluding carboxylic acids is 2. The summed E-state index contributed by atoms with van der Waals surface area (Å²) in [5.74, 6) is -0.0182. The van der Waals surface area contributed by atoms with Crippen LogP contribution in [-0.2, 0) is 4.79 Å². The van der Waals surface area contributed by atoms with Crippen LogP contribution in [0.2, 0.25) is 10.0 Å². The van der Waals surface area contributed by atoms with Gasteiger partial charge >= 0.3 is 6.03 Å². The van der Waals surface area contributed by atoms with Gasteiger partial charge in [0.1, 0.15) is 0 Å². The van der Waals surface area contributed by atoms with Crippen molar-refractivity contribution in [1.82, 2.24) is 15.1 Å². The maximum atomic E-state index is 12.9. The first-order chi connectivity index (χ1) is 11.0. The lowest BCUT2D eigenvalue weighted by Crippen LogP contribution is -2.45. The predicted molar refractivity (Wildman–Crippen MR) is 87.3 cm³/mol. The van der Waals surface area contributed by atoms with Crippen LogP contribution >= 0.6 is 23.2 Å². The Morgan fingerprint density at radius 3 is 2.65 bits per heavy atom. The average molecular weight is 352 g/mol. The molecule has 1 saturated carbocycles. The van der Waals surface area contributed by atoms with Crippen LogP contribution in [0, 0.1) is 0 Å². The highest BCUT2D eigenvalue weighted by Gasteiger charge is 2.47. The van der Waals surface area contributed by atoms with Crippen molar-refractivity contribution in [2.75, 3.05) is 13.6 Å². The van der Waals surface area contributed by atoms with Gasteiger partial charge in [-0.1, -0.05) is 35.3 Å². The Bertz CT molecular complexity index is 758. The molecule has 1 aromatic rings. The van der Waals surface area contributed by atoms with E-state index in [0.717, 1.165) is 18.5 Å². The van der Waals surface area contributed by atoms with Crippen LogP contribution in [0.4, 0.5) is 4.79 Å². The molecule has 0 radical (unpaired) electrons. The van der Waals surface area contributed by atoms with E-state index < -0.39 is 6.04 Å². The zero-order valence-corrected chi connectivity index (χ0v) is 14.0. The molecule has 0 saturated heterocycles. The molecular weight excluding hydrogens is 337 g/mol. The summed E-state index contributed by atoms with van der Waals surface area (Å²) in [5, 5.41) is 3.65. The lowest BCUT2D eigenvalue weighted by Gasteiger charge is -2.31. The van der Waals surface area contributed by atoms with E-state index in [2.05, 4.69) is 5.32 Å². The fourth-order valence-corrected chi connectivity index (χ4v) is 3.66. The smallest absolute Gasteiger partial charge is 0.322 e. The molecule has 2 heterocycles. The summed E-state index contributed by atoms with van der Waals surface area (Å²) < 4.78 is 0. The van der Waals surface area contributed by atoms with Crippen molar-refractivity contribution >= 4 is 35.1 Å². The highest BCUT2D eigenvalue weighted by molar-refractivity contribution is 6.42. The maximum absolute atomic E-state index is 12.9. The monoisotopic (exact) mass is 351 g/mol. The van der Waals surface area contributed by atoms with E-state index in [4.69, 9.17) is 23.2 Å². The summed E-state index contributed by atoms with van der Waals surface area (Å²) in [6.45, 7) is 0.484. The third kappa shape index (κ3) is 2.22. The van der Waals surface area contributed by atoms with E-state index in [1.54, 1.807) is 25.2 Å². The van der Waals surface area contributed by atoms with Crippen molar-refractivity contribution in [2.24, 2.45) is 0 Å². The lowest BCUT2D eigenvalue weighted by molar-refractivity contribution is -0.126. The van der Waals surface area contributed by atoms with E-state index in [-0.39, 0.29) is 11.9 Å². The van der Waals surface area contributed by atoms with Gasteiger partial charge in [0.15, 0.2) is 0 Å². The number of benzene rings is 1. The Kier molecular flexibility index (Phi) is 3.32. The van der Waals surface area contributed by atoms with Gasteiger partial charge in [0.25, 0.3) is 5.91 Å². The van der Waals surface area contributed by atoms with Crippen LogP contribution in [0.25, 0.3) is 0 Å². The van der Waals surface area contributed by atoms with Gasteiger partial charge in [0.05, 0.1) is 33.9 Å². The van der Waals surface area contributed by atoms with Crippen molar-refractivity contribution in [3.63, 3.8) is 0 Å². The predicted octanol–water partition coefficient (Wildman–Crippen LogP) is 2.95. The van der Waals surface area contributed by atoms with Gasteiger partial charge in [-0.05, 0) is 24.5 Å². The average Bonchev–Trinajstić information content (AvgIpc) is 3.30. The number of hydrogen-bond acceptors (Lipinski definition) is 2. The number of nitrogens with one attached hydrogen (secondary N) is 1. The Balaban J connectivity index is 1.81. The van der Waals surface area contributed by atoms with Gasteiger partial charge in [-0.3, -0.25) is 9.69 Å². The molecule has 0 bridgehead atoms. The van der Waals surface area contributed by atoms with Crippen molar-refractivity contribution < 1.29 is 9.59 Å². The summed E-state index contributed by atoms with van der Waals surface area (Å²) in [4.78, 5) is 28.5. The van der Waals surface area contributed by atoms with E-state index in [9.17, 15) is 9.59 Å². The van der Waals surface area contributed by atoms with Gasteiger partial charge in [-0.25, -0.2) is 4.79 Å². The van der Waals surface area contributed by atoms with Crippen molar-refractivity contribution in [3.05, 3.63) is 45.1 Å². The number of urea groups is 1. The lowest BCUT2D eigenvalue weighted by atomic mass is 9.95. The number of likely N-dealkylation sites (N-methyl/N-ethyl adjacent to an activating group) is 1. The van der Waals surface area contributed by atoms with Crippen LogP contribution < -0.4 is 5.32 Å². The molecule has 23 heavy (non-hydrogen) atoms. The second-order valence-electron chi connectivity index (χ2n) is 6.11. The highest BCUT2D eigenvalue weighted by atomic mass is 35.5. The highest BCUT2D eigenvalue weighted by Crippen LogP contribution is 2.42. The molecule has 7 heteroatoms. The zero-order chi connectivity index (χ0) is 16.3. The molecule has 1 unspecified atom stereocenters. The van der Waals surface area contributed by atoms with Gasteiger partial charge in [-0.2, -0.15) is 0 Å². The molecule has 1 N–H and O–H groups in total. The Morgan fingerprint density at radius 1 is 1.22 bits per heavy atom. The van der Waals surface area contributed by atoms with Crippen molar-refractivity contribution in [1.29, 1.82) is 0 Å². The van der Waals surface area contributed by atoms with E-state index >= 15 is 0 Å². The fraction of sp³-hybridized carbons (Fsp3) is 0.375. The van der Waals surface area contributed by atoms with E-state index in [1.165, 1.54) is 4.90 Å². The Hall–Kier alpha value is -1.72. The largest absolute Gasteiger partial charge is 0.330 e. The zero-order valence-electron chi connectivity index (χ0n) is 12.5. The summed E-state index contributed by atoms with van der Waals surface area (Å²) in [5.41, 5.74) is 2.01. The third-order valence-electron chi connectivity index (χ3n) is 4.67. The number of carbonyl (C=O) groups is 2. The van der Waals surface area contributed by atoms with E-state index in [1.807, 2.05) is 4.90 Å². The minimum Gasteiger partial charge on any atom is -0.330 e. The van der Waals surface area contributed by atoms with Crippen LogP contribution in [0.15, 0.2) is 29.5 Å². The second-order valence-corrected chi connectivity index (χ2v) is 6.89. The standard InChI is InChI=1S/C16H15Cl2N3O2/c1-20-11-7-21(8-5-6-8)15(22)12(11)14(19-16(20)23)9-3-2-4-10(17)13(9)18/h2-4,8,14H,5-7H2,1H3,(H,19,23). The molecule has 3 aliphatic rings. The van der Waals surface area contributed by atoms with Gasteiger partial charge in [0, 0.05) is 13.1 Å². The normalized spacial score (nSPS) is 24.2. The fourth-order valence-electron chi connectivity index (χ4n) is 3.25. The molecule has 1 aromatic carbocycles. The Morgan fingerprint density at radius 2 is 1.96 bits per heavy atom. The number of nitrogens with zero attached hydrogens (tertiary/aromatic N) is 2. The quantitative estimate of drug-likeness (QED) is 0.890. The minimum atomic E-state index is -0.559. The molecule has 4 rings (SSSR count). The SMILES string of the molecule is CN1C(=O)NC(c2cccc(Cl)c2Cl)C2=C1CN(C1CC1)C2=O. The molecular formula is C16H15Cl2N3O2. The molecule has 5 nitrogen and oxygen atoms in total. The molecule has 2 aliphatic heterocycles. The number of rotatable bonds is 2. The van der Waals surface area contributed by atoms with E-state index in [0.29, 0.717) is 33.8 Å². The summed E-state index contributed by atoms with van der Waals surface area (Å²) in [7, 11) is 1.68. The first kappa shape index (κ1) is 14.8. The summed E-state index contributed by atoms with van der Waals surface area (Å²) in [6, 6.07) is 4.75. The molecule has 0 spiro atoms. The second kappa shape index (κ2) is 5.14. The van der Waals surface area contributed by atoms with Crippen LogP contribution in [-0.4, -0.2) is 41.4 Å². The first-order valence-electron chi connectivity index (χ1n) is 7.51. The first-order valence-corrected chi connectivity index (χ1v) is 8.26. The van der Waals surface area contributed by atoms with Gasteiger partial charge < -0.3 is 10.2 Å². The number of hydrogen-bond donors (Lipinski definition) is 1. The minimum absolute atomic E-state index is 0.0182. The maximum Gasteiger partial charge on any atom is 0.322 e. The number of halogens is 2.